The minimum absolute atomic E-state index is 0.194. The maximum absolute atomic E-state index is 2.53. The van der Waals surface area contributed by atoms with Crippen LogP contribution in [0.2, 0.25) is 0 Å². The van der Waals surface area contributed by atoms with Crippen molar-refractivity contribution in [3.63, 3.8) is 0 Å². The fourth-order valence-corrected chi connectivity index (χ4v) is 2.45. The summed E-state index contributed by atoms with van der Waals surface area (Å²) in [5, 5.41) is 0. The maximum Gasteiger partial charge on any atom is 0.0398 e. The summed E-state index contributed by atoms with van der Waals surface area (Å²) < 4.78 is 0. The zero-order valence-corrected chi connectivity index (χ0v) is 11.0. The monoisotopic (exact) mass is 217 g/mol. The van der Waals surface area contributed by atoms with E-state index in [1.807, 2.05) is 0 Å². The van der Waals surface area contributed by atoms with Gasteiger partial charge in [-0.25, -0.2) is 0 Å². The highest BCUT2D eigenvalue weighted by Gasteiger charge is 2.22. The van der Waals surface area contributed by atoms with Crippen molar-refractivity contribution >= 4 is 0 Å². The van der Waals surface area contributed by atoms with Gasteiger partial charge in [0.2, 0.25) is 0 Å². The normalized spacial score (nSPS) is 23.7. The Hall–Kier alpha value is -0.980. The van der Waals surface area contributed by atoms with Crippen molar-refractivity contribution < 1.29 is 0 Å². The van der Waals surface area contributed by atoms with Gasteiger partial charge in [-0.3, -0.25) is 0 Å². The molecule has 88 valence electrons. The molecule has 1 aliphatic carbocycles. The molecular weight excluding hydrogens is 194 g/mol. The maximum atomic E-state index is 2.53. The van der Waals surface area contributed by atoms with Crippen LogP contribution in [0, 0.1) is 5.41 Å². The molecule has 0 bridgehead atoms. The van der Waals surface area contributed by atoms with E-state index < -0.39 is 0 Å². The summed E-state index contributed by atoms with van der Waals surface area (Å²) in [6.45, 7) is 10.3. The number of hydrogen-bond acceptors (Lipinski definition) is 1. The summed E-state index contributed by atoms with van der Waals surface area (Å²) in [6, 6.07) is 0.601. The third-order valence-corrected chi connectivity index (χ3v) is 3.49. The van der Waals surface area contributed by atoms with Crippen molar-refractivity contribution in [1.82, 2.24) is 4.90 Å². The van der Waals surface area contributed by atoms with Crippen LogP contribution in [-0.2, 0) is 0 Å². The second-order valence-corrected chi connectivity index (χ2v) is 5.79. The van der Waals surface area contributed by atoms with Crippen LogP contribution < -0.4 is 0 Å². The quantitative estimate of drug-likeness (QED) is 0.644. The Morgan fingerprint density at radius 1 is 1.19 bits per heavy atom. The lowest BCUT2D eigenvalue weighted by Crippen LogP contribution is -2.33. The van der Waals surface area contributed by atoms with Gasteiger partial charge in [0.15, 0.2) is 0 Å². The first-order valence-corrected chi connectivity index (χ1v) is 6.38. The summed E-state index contributed by atoms with van der Waals surface area (Å²) in [7, 11) is 0. The van der Waals surface area contributed by atoms with Crippen molar-refractivity contribution in [2.75, 3.05) is 6.54 Å². The number of rotatable bonds is 1. The van der Waals surface area contributed by atoms with Gasteiger partial charge in [0.1, 0.15) is 0 Å². The van der Waals surface area contributed by atoms with Gasteiger partial charge in [-0.05, 0) is 38.3 Å². The SMILES string of the molecule is CC(C)N1CCCC2=C1C=CC(C)(C)C=C2. The average molecular weight is 217 g/mol. The van der Waals surface area contributed by atoms with E-state index in [1.165, 1.54) is 30.7 Å². The Labute approximate surface area is 99.5 Å². The minimum Gasteiger partial charge on any atom is -0.369 e. The fraction of sp³-hybridized carbons (Fsp3) is 0.600. The molecule has 0 aromatic carbocycles. The van der Waals surface area contributed by atoms with Crippen LogP contribution in [0.4, 0.5) is 0 Å². The predicted molar refractivity (Wildman–Crippen MR) is 70.2 cm³/mol. The lowest BCUT2D eigenvalue weighted by atomic mass is 9.93. The van der Waals surface area contributed by atoms with Crippen LogP contribution >= 0.6 is 0 Å². The number of hydrogen-bond donors (Lipinski definition) is 0. The summed E-state index contributed by atoms with van der Waals surface area (Å²) in [5.74, 6) is 0. The Morgan fingerprint density at radius 2 is 1.88 bits per heavy atom. The number of allylic oxidation sites excluding steroid dienone is 5. The molecule has 0 saturated heterocycles. The van der Waals surface area contributed by atoms with Crippen LogP contribution in [-0.4, -0.2) is 17.5 Å². The standard InChI is InChI=1S/C15H23N/c1-12(2)16-11-5-6-13-7-9-15(3,4)10-8-14(13)16/h7-10,12H,5-6,11H2,1-4H3. The van der Waals surface area contributed by atoms with E-state index in [0.29, 0.717) is 6.04 Å². The lowest BCUT2D eigenvalue weighted by molar-refractivity contribution is 0.272. The van der Waals surface area contributed by atoms with Gasteiger partial charge >= 0.3 is 0 Å². The Kier molecular flexibility index (Phi) is 2.96. The topological polar surface area (TPSA) is 3.24 Å². The smallest absolute Gasteiger partial charge is 0.0398 e. The van der Waals surface area contributed by atoms with Crippen molar-refractivity contribution in [2.24, 2.45) is 5.41 Å². The van der Waals surface area contributed by atoms with E-state index in [1.54, 1.807) is 0 Å². The highest BCUT2D eigenvalue weighted by atomic mass is 15.2. The van der Waals surface area contributed by atoms with Crippen molar-refractivity contribution in [3.05, 3.63) is 35.6 Å². The van der Waals surface area contributed by atoms with E-state index in [4.69, 9.17) is 0 Å². The molecule has 1 heterocycles. The molecule has 16 heavy (non-hydrogen) atoms. The van der Waals surface area contributed by atoms with Crippen molar-refractivity contribution in [3.8, 4) is 0 Å². The summed E-state index contributed by atoms with van der Waals surface area (Å²) in [4.78, 5) is 2.53. The predicted octanol–water partition coefficient (Wildman–Crippen LogP) is 3.90. The van der Waals surface area contributed by atoms with E-state index in [9.17, 15) is 0 Å². The van der Waals surface area contributed by atoms with Gasteiger partial charge in [0.25, 0.3) is 0 Å². The zero-order chi connectivity index (χ0) is 11.8. The zero-order valence-electron chi connectivity index (χ0n) is 11.0. The molecule has 2 aliphatic rings. The van der Waals surface area contributed by atoms with E-state index in [2.05, 4.69) is 56.9 Å². The largest absolute Gasteiger partial charge is 0.369 e. The van der Waals surface area contributed by atoms with Gasteiger partial charge in [0.05, 0.1) is 0 Å². The molecule has 0 atom stereocenters. The van der Waals surface area contributed by atoms with Crippen LogP contribution in [0.5, 0.6) is 0 Å². The molecule has 0 spiro atoms. The summed E-state index contributed by atoms with van der Waals surface area (Å²) in [6.07, 6.45) is 11.8. The molecular formula is C15H23N. The first-order valence-electron chi connectivity index (χ1n) is 6.38. The second kappa shape index (κ2) is 4.12. The van der Waals surface area contributed by atoms with Crippen LogP contribution in [0.3, 0.4) is 0 Å². The molecule has 0 unspecified atom stereocenters. The minimum atomic E-state index is 0.194. The first-order chi connectivity index (χ1) is 7.49. The van der Waals surface area contributed by atoms with Crippen molar-refractivity contribution in [2.45, 2.75) is 46.6 Å². The highest BCUT2D eigenvalue weighted by Crippen LogP contribution is 2.32. The molecule has 0 N–H and O–H groups in total. The molecule has 1 nitrogen and oxygen atoms in total. The molecule has 0 amide bonds. The molecule has 0 aromatic heterocycles. The molecule has 0 fully saturated rings. The Balaban J connectivity index is 2.37. The molecule has 0 saturated carbocycles. The van der Waals surface area contributed by atoms with Crippen LogP contribution in [0.25, 0.3) is 0 Å². The molecule has 2 rings (SSSR count). The van der Waals surface area contributed by atoms with E-state index in [-0.39, 0.29) is 5.41 Å². The molecule has 0 aromatic rings. The lowest BCUT2D eigenvalue weighted by Gasteiger charge is -2.35. The summed E-state index contributed by atoms with van der Waals surface area (Å²) in [5.41, 5.74) is 3.16. The van der Waals surface area contributed by atoms with Gasteiger partial charge in [0, 0.05) is 23.7 Å². The van der Waals surface area contributed by atoms with Crippen molar-refractivity contribution in [1.29, 1.82) is 0 Å². The van der Waals surface area contributed by atoms with Crippen LogP contribution in [0.15, 0.2) is 35.6 Å². The number of nitrogens with zero attached hydrogens (tertiary/aromatic N) is 1. The second-order valence-electron chi connectivity index (χ2n) is 5.79. The molecule has 0 radical (unpaired) electrons. The molecule has 1 heteroatoms. The third-order valence-electron chi connectivity index (χ3n) is 3.49. The third kappa shape index (κ3) is 2.23. The van der Waals surface area contributed by atoms with E-state index in [0.717, 1.165) is 0 Å². The van der Waals surface area contributed by atoms with Gasteiger partial charge < -0.3 is 4.90 Å². The Morgan fingerprint density at radius 3 is 2.56 bits per heavy atom. The van der Waals surface area contributed by atoms with Crippen LogP contribution in [0.1, 0.15) is 40.5 Å². The van der Waals surface area contributed by atoms with E-state index >= 15 is 0 Å². The fourth-order valence-electron chi connectivity index (χ4n) is 2.45. The van der Waals surface area contributed by atoms with Gasteiger partial charge in [-0.15, -0.1) is 0 Å². The first kappa shape index (κ1) is 11.5. The highest BCUT2D eigenvalue weighted by molar-refractivity contribution is 5.39. The molecule has 1 aliphatic heterocycles. The average Bonchev–Trinajstić information content (AvgIpc) is 2.38. The van der Waals surface area contributed by atoms with Gasteiger partial charge in [-0.1, -0.05) is 32.1 Å². The summed E-state index contributed by atoms with van der Waals surface area (Å²) >= 11 is 0. The van der Waals surface area contributed by atoms with Gasteiger partial charge in [-0.2, -0.15) is 0 Å². The Bertz CT molecular complexity index is 356.